The Morgan fingerprint density at radius 3 is 2.67 bits per heavy atom. The normalized spacial score (nSPS) is 10.7. The zero-order chi connectivity index (χ0) is 13.8. The maximum absolute atomic E-state index is 11.7. The summed E-state index contributed by atoms with van der Waals surface area (Å²) in [6.07, 6.45) is 0. The number of benzene rings is 1. The molecule has 18 heavy (non-hydrogen) atoms. The summed E-state index contributed by atoms with van der Waals surface area (Å²) in [4.78, 5) is 11.0. The molecule has 0 saturated carbocycles. The van der Waals surface area contributed by atoms with Crippen molar-refractivity contribution in [2.75, 3.05) is 12.8 Å². The molecule has 0 aliphatic rings. The van der Waals surface area contributed by atoms with Gasteiger partial charge in [0.25, 0.3) is 0 Å². The third-order valence-electron chi connectivity index (χ3n) is 2.19. The van der Waals surface area contributed by atoms with E-state index in [9.17, 15) is 13.2 Å². The molecule has 1 aromatic carbocycles. The zero-order valence-electron chi connectivity index (χ0n) is 9.60. The zero-order valence-corrected chi connectivity index (χ0v) is 11.2. The van der Waals surface area contributed by atoms with Gasteiger partial charge in [-0.3, -0.25) is 4.79 Å². The molecule has 0 unspecified atom stereocenters. The molecule has 0 bridgehead atoms. The highest BCUT2D eigenvalue weighted by molar-refractivity contribution is 7.91. The van der Waals surface area contributed by atoms with Crippen molar-refractivity contribution in [3.63, 3.8) is 0 Å². The second-order valence-electron chi connectivity index (χ2n) is 3.62. The van der Waals surface area contributed by atoms with Crippen LogP contribution >= 0.6 is 11.6 Å². The molecule has 96 valence electrons. The number of nitrogens with zero attached hydrogens (tertiary/aromatic N) is 1. The van der Waals surface area contributed by atoms with Gasteiger partial charge in [0, 0.05) is 12.1 Å². The molecule has 0 radical (unpaired) electrons. The molecule has 7 heteroatoms. The Balaban J connectivity index is 2.92. The van der Waals surface area contributed by atoms with Crippen LogP contribution in [0.15, 0.2) is 18.2 Å². The SMILES string of the molecule is CNC(=O)CS(=O)(=O)Cc1ccc(C#N)cc1Cl. The predicted molar refractivity (Wildman–Crippen MR) is 67.7 cm³/mol. The number of nitriles is 1. The van der Waals surface area contributed by atoms with Gasteiger partial charge in [0.1, 0.15) is 5.75 Å². The fourth-order valence-electron chi connectivity index (χ4n) is 1.29. The first-order valence-electron chi connectivity index (χ1n) is 4.97. The molecule has 5 nitrogen and oxygen atoms in total. The quantitative estimate of drug-likeness (QED) is 0.890. The van der Waals surface area contributed by atoms with E-state index in [2.05, 4.69) is 5.32 Å². The second kappa shape index (κ2) is 5.85. The smallest absolute Gasteiger partial charge is 0.234 e. The van der Waals surface area contributed by atoms with Crippen LogP contribution < -0.4 is 5.32 Å². The predicted octanol–water partition coefficient (Wildman–Crippen LogP) is 0.872. The molecule has 1 amide bonds. The van der Waals surface area contributed by atoms with Gasteiger partial charge in [-0.2, -0.15) is 5.26 Å². The van der Waals surface area contributed by atoms with Crippen LogP contribution in [0.2, 0.25) is 5.02 Å². The van der Waals surface area contributed by atoms with E-state index in [0.29, 0.717) is 11.1 Å². The average molecular weight is 287 g/mol. The maximum Gasteiger partial charge on any atom is 0.234 e. The molecule has 1 N–H and O–H groups in total. The number of hydrogen-bond acceptors (Lipinski definition) is 4. The molecular formula is C11H11ClN2O3S. The van der Waals surface area contributed by atoms with E-state index in [1.54, 1.807) is 0 Å². The molecule has 0 spiro atoms. The minimum atomic E-state index is -3.57. The third kappa shape index (κ3) is 4.02. The summed E-state index contributed by atoms with van der Waals surface area (Å²) >= 11 is 5.87. The molecule has 1 aromatic rings. The first-order chi connectivity index (χ1) is 8.38. The van der Waals surface area contributed by atoms with E-state index >= 15 is 0 Å². The Labute approximate surface area is 110 Å². The monoisotopic (exact) mass is 286 g/mol. The lowest BCUT2D eigenvalue weighted by Gasteiger charge is -2.06. The van der Waals surface area contributed by atoms with Gasteiger partial charge in [-0.05, 0) is 17.7 Å². The summed E-state index contributed by atoms with van der Waals surface area (Å²) in [6.45, 7) is 0. The highest BCUT2D eigenvalue weighted by Crippen LogP contribution is 2.20. The van der Waals surface area contributed by atoms with Crippen LogP contribution in [0.3, 0.4) is 0 Å². The first-order valence-corrected chi connectivity index (χ1v) is 7.17. The fourth-order valence-corrected chi connectivity index (χ4v) is 2.99. The molecular weight excluding hydrogens is 276 g/mol. The lowest BCUT2D eigenvalue weighted by atomic mass is 10.2. The van der Waals surface area contributed by atoms with E-state index in [1.807, 2.05) is 6.07 Å². The number of amides is 1. The van der Waals surface area contributed by atoms with Gasteiger partial charge in [0.15, 0.2) is 9.84 Å². The largest absolute Gasteiger partial charge is 0.358 e. The maximum atomic E-state index is 11.7. The molecule has 1 rings (SSSR count). The minimum Gasteiger partial charge on any atom is -0.358 e. The van der Waals surface area contributed by atoms with Gasteiger partial charge < -0.3 is 5.32 Å². The van der Waals surface area contributed by atoms with Crippen LogP contribution in [-0.4, -0.2) is 27.1 Å². The number of rotatable bonds is 4. The minimum absolute atomic E-state index is 0.203. The fraction of sp³-hybridized carbons (Fsp3) is 0.273. The summed E-state index contributed by atoms with van der Waals surface area (Å²) in [5.74, 6) is -1.48. The van der Waals surface area contributed by atoms with Crippen molar-refractivity contribution in [1.82, 2.24) is 5.32 Å². The highest BCUT2D eigenvalue weighted by Gasteiger charge is 2.18. The Bertz CT molecular complexity index is 605. The summed E-state index contributed by atoms with van der Waals surface area (Å²) in [5, 5.41) is 11.1. The van der Waals surface area contributed by atoms with Crippen LogP contribution in [0, 0.1) is 11.3 Å². The molecule has 0 atom stereocenters. The Hall–Kier alpha value is -1.58. The topological polar surface area (TPSA) is 87.0 Å². The lowest BCUT2D eigenvalue weighted by molar-refractivity contribution is -0.118. The van der Waals surface area contributed by atoms with E-state index in [-0.39, 0.29) is 10.8 Å². The van der Waals surface area contributed by atoms with Crippen molar-refractivity contribution in [3.05, 3.63) is 34.3 Å². The van der Waals surface area contributed by atoms with Gasteiger partial charge >= 0.3 is 0 Å². The summed E-state index contributed by atoms with van der Waals surface area (Å²) in [7, 11) is -2.20. The van der Waals surface area contributed by atoms with Crippen LogP contribution in [0.25, 0.3) is 0 Å². The number of nitrogens with one attached hydrogen (secondary N) is 1. The standard InChI is InChI=1S/C11H11ClN2O3S/c1-14-11(15)7-18(16,17)6-9-3-2-8(5-13)4-10(9)12/h2-4H,6-7H2,1H3,(H,14,15). The Kier molecular flexibility index (Phi) is 4.70. The summed E-state index contributed by atoms with van der Waals surface area (Å²) in [5.41, 5.74) is 0.729. The first kappa shape index (κ1) is 14.5. The van der Waals surface area contributed by atoms with Crippen LogP contribution in [0.1, 0.15) is 11.1 Å². The lowest BCUT2D eigenvalue weighted by Crippen LogP contribution is -2.27. The Morgan fingerprint density at radius 1 is 1.50 bits per heavy atom. The number of carbonyl (C=O) groups is 1. The van der Waals surface area contributed by atoms with Gasteiger partial charge in [-0.25, -0.2) is 8.42 Å². The van der Waals surface area contributed by atoms with E-state index in [4.69, 9.17) is 16.9 Å². The van der Waals surface area contributed by atoms with Gasteiger partial charge in [0.2, 0.25) is 5.91 Å². The van der Waals surface area contributed by atoms with E-state index in [1.165, 1.54) is 25.2 Å². The highest BCUT2D eigenvalue weighted by atomic mass is 35.5. The molecule has 0 heterocycles. The van der Waals surface area contributed by atoms with Gasteiger partial charge in [-0.15, -0.1) is 0 Å². The van der Waals surface area contributed by atoms with Crippen molar-refractivity contribution in [2.24, 2.45) is 0 Å². The molecule has 0 saturated heterocycles. The van der Waals surface area contributed by atoms with Crippen molar-refractivity contribution < 1.29 is 13.2 Å². The number of halogens is 1. The number of carbonyl (C=O) groups excluding carboxylic acids is 1. The van der Waals surface area contributed by atoms with Crippen molar-refractivity contribution in [3.8, 4) is 6.07 Å². The van der Waals surface area contributed by atoms with Crippen LogP contribution in [0.4, 0.5) is 0 Å². The van der Waals surface area contributed by atoms with Gasteiger partial charge in [-0.1, -0.05) is 17.7 Å². The molecule has 0 aliphatic carbocycles. The summed E-state index contributed by atoms with van der Waals surface area (Å²) in [6, 6.07) is 6.25. The second-order valence-corrected chi connectivity index (χ2v) is 6.10. The van der Waals surface area contributed by atoms with Crippen LogP contribution in [0.5, 0.6) is 0 Å². The van der Waals surface area contributed by atoms with E-state index in [0.717, 1.165) is 0 Å². The molecule has 0 aromatic heterocycles. The van der Waals surface area contributed by atoms with E-state index < -0.39 is 21.5 Å². The Morgan fingerprint density at radius 2 is 2.17 bits per heavy atom. The van der Waals surface area contributed by atoms with Crippen molar-refractivity contribution >= 4 is 27.3 Å². The van der Waals surface area contributed by atoms with Gasteiger partial charge in [0.05, 0.1) is 17.4 Å². The molecule has 0 aliphatic heterocycles. The van der Waals surface area contributed by atoms with Crippen molar-refractivity contribution in [2.45, 2.75) is 5.75 Å². The van der Waals surface area contributed by atoms with Crippen molar-refractivity contribution in [1.29, 1.82) is 5.26 Å². The summed E-state index contributed by atoms with van der Waals surface area (Å²) < 4.78 is 23.4. The van der Waals surface area contributed by atoms with Crippen LogP contribution in [-0.2, 0) is 20.4 Å². The number of sulfone groups is 1. The molecule has 0 fully saturated rings. The average Bonchev–Trinajstić information content (AvgIpc) is 2.30. The number of hydrogen-bond donors (Lipinski definition) is 1. The third-order valence-corrected chi connectivity index (χ3v) is 3.99.